The SMILES string of the molecule is O=C(NC1CC(=O)N(c2cccc([C@@H]3O[C@H](CN4CCC(n5c(=O)[nH]c6ccccc65)CC4)C[C@H](c4ccc(CO)cc4)O3)c2)C1=O)OCc1ccccc1. The van der Waals surface area contributed by atoms with Gasteiger partial charge in [0.25, 0.3) is 5.91 Å². The molecule has 0 aliphatic carbocycles. The molecule has 0 bridgehead atoms. The predicted octanol–water partition coefficient (Wildman–Crippen LogP) is 5.26. The number of hydrogen-bond acceptors (Lipinski definition) is 9. The van der Waals surface area contributed by atoms with Gasteiger partial charge in [-0.1, -0.05) is 78.9 Å². The molecule has 13 nitrogen and oxygen atoms in total. The van der Waals surface area contributed by atoms with E-state index in [1.54, 1.807) is 18.2 Å². The number of ether oxygens (including phenoxy) is 3. The number of para-hydroxylation sites is 2. The van der Waals surface area contributed by atoms with Gasteiger partial charge < -0.3 is 34.5 Å². The number of rotatable bonds is 10. The van der Waals surface area contributed by atoms with Gasteiger partial charge in [0.15, 0.2) is 6.29 Å². The summed E-state index contributed by atoms with van der Waals surface area (Å²) in [7, 11) is 0. The number of piperidine rings is 1. The Morgan fingerprint density at radius 1 is 0.855 bits per heavy atom. The second kappa shape index (κ2) is 16.0. The lowest BCUT2D eigenvalue weighted by atomic mass is 9.98. The van der Waals surface area contributed by atoms with Gasteiger partial charge in [0.05, 0.1) is 42.0 Å². The van der Waals surface area contributed by atoms with Crippen molar-refractivity contribution in [2.75, 3.05) is 24.5 Å². The molecule has 0 radical (unpaired) electrons. The minimum absolute atomic E-state index is 0.0346. The highest BCUT2D eigenvalue weighted by Gasteiger charge is 2.41. The minimum atomic E-state index is -1.06. The predicted molar refractivity (Wildman–Crippen MR) is 203 cm³/mol. The van der Waals surface area contributed by atoms with E-state index in [1.807, 2.05) is 89.5 Å². The van der Waals surface area contributed by atoms with Crippen molar-refractivity contribution in [3.63, 3.8) is 0 Å². The highest BCUT2D eigenvalue weighted by molar-refractivity contribution is 6.22. The minimum Gasteiger partial charge on any atom is -0.445 e. The van der Waals surface area contributed by atoms with Gasteiger partial charge in [-0.2, -0.15) is 0 Å². The molecule has 3 amide bonds. The molecule has 3 saturated heterocycles. The lowest BCUT2D eigenvalue weighted by Gasteiger charge is -2.40. The number of anilines is 1. The molecule has 0 spiro atoms. The van der Waals surface area contributed by atoms with Crippen LogP contribution >= 0.6 is 0 Å². The van der Waals surface area contributed by atoms with Crippen LogP contribution in [0.1, 0.15) is 66.4 Å². The van der Waals surface area contributed by atoms with Crippen molar-refractivity contribution in [3.05, 3.63) is 136 Å². The second-order valence-electron chi connectivity index (χ2n) is 14.3. The van der Waals surface area contributed by atoms with E-state index in [2.05, 4.69) is 15.2 Å². The second-order valence-corrected chi connectivity index (χ2v) is 14.3. The number of imide groups is 1. The van der Waals surface area contributed by atoms with E-state index in [-0.39, 0.29) is 43.6 Å². The van der Waals surface area contributed by atoms with Crippen LogP contribution in [0.3, 0.4) is 0 Å². The molecule has 5 aromatic rings. The number of carbonyl (C=O) groups excluding carboxylic acids is 3. The maximum Gasteiger partial charge on any atom is 0.408 e. The smallest absolute Gasteiger partial charge is 0.408 e. The molecule has 3 fully saturated rings. The number of carbonyl (C=O) groups is 3. The Labute approximate surface area is 317 Å². The standard InChI is InChI=1S/C42H43N5O8/c48-25-27-13-15-29(16-14-27)37-22-33(24-45-19-17-31(18-20-45)46-36-12-5-4-11-34(36)43-41(46)51)54-40(55-37)30-9-6-10-32(21-30)47-38(49)23-35(39(47)50)44-42(52)53-26-28-7-2-1-3-8-28/h1-16,21,31,33,35,37,40,48H,17-20,22-26H2,(H,43,51)(H,44,52)/t33-,35?,37+,40+/m0/s1. The number of imidazole rings is 1. The number of aliphatic hydroxyl groups excluding tert-OH is 1. The summed E-state index contributed by atoms with van der Waals surface area (Å²) in [4.78, 5) is 58.5. The summed E-state index contributed by atoms with van der Waals surface area (Å²) in [6, 6.07) is 30.6. The molecule has 0 saturated carbocycles. The largest absolute Gasteiger partial charge is 0.445 e. The van der Waals surface area contributed by atoms with Crippen molar-refractivity contribution in [1.29, 1.82) is 0 Å². The van der Waals surface area contributed by atoms with E-state index in [0.29, 0.717) is 24.2 Å². The fourth-order valence-corrected chi connectivity index (χ4v) is 7.85. The van der Waals surface area contributed by atoms with Gasteiger partial charge in [-0.15, -0.1) is 0 Å². The van der Waals surface area contributed by atoms with Crippen LogP contribution in [0.2, 0.25) is 0 Å². The highest BCUT2D eigenvalue weighted by Crippen LogP contribution is 2.40. The maximum absolute atomic E-state index is 13.5. The first kappa shape index (κ1) is 36.4. The monoisotopic (exact) mass is 745 g/mol. The van der Waals surface area contributed by atoms with Crippen LogP contribution in [0.4, 0.5) is 10.5 Å². The van der Waals surface area contributed by atoms with Crippen LogP contribution in [0.15, 0.2) is 108 Å². The molecule has 3 aliphatic heterocycles. The summed E-state index contributed by atoms with van der Waals surface area (Å²) in [6.45, 7) is 2.21. The summed E-state index contributed by atoms with van der Waals surface area (Å²) < 4.78 is 20.4. The van der Waals surface area contributed by atoms with Gasteiger partial charge in [0, 0.05) is 37.7 Å². The summed E-state index contributed by atoms with van der Waals surface area (Å²) in [6.07, 6.45) is -0.0987. The summed E-state index contributed by atoms with van der Waals surface area (Å²) >= 11 is 0. The number of amides is 3. The number of aromatic nitrogens is 2. The van der Waals surface area contributed by atoms with Gasteiger partial charge in [0.2, 0.25) is 5.91 Å². The van der Waals surface area contributed by atoms with Crippen molar-refractivity contribution in [3.8, 4) is 0 Å². The molecular formula is C42H43N5O8. The number of H-pyrrole nitrogens is 1. The van der Waals surface area contributed by atoms with Gasteiger partial charge >= 0.3 is 11.8 Å². The van der Waals surface area contributed by atoms with Crippen molar-refractivity contribution in [2.24, 2.45) is 0 Å². The van der Waals surface area contributed by atoms with Gasteiger partial charge in [0.1, 0.15) is 12.6 Å². The Hall–Kier alpha value is -5.60. The number of aromatic amines is 1. The number of hydrogen-bond donors (Lipinski definition) is 3. The van der Waals surface area contributed by atoms with Crippen LogP contribution in [0.25, 0.3) is 11.0 Å². The average Bonchev–Trinajstić information content (AvgIpc) is 3.70. The summed E-state index contributed by atoms with van der Waals surface area (Å²) in [5, 5.41) is 12.2. The molecular weight excluding hydrogens is 702 g/mol. The Kier molecular flexibility index (Phi) is 10.6. The first-order chi connectivity index (χ1) is 26.8. The van der Waals surface area contributed by atoms with E-state index in [9.17, 15) is 24.3 Å². The maximum atomic E-state index is 13.5. The molecule has 1 aromatic heterocycles. The fraction of sp³-hybridized carbons (Fsp3) is 0.333. The third-order valence-electron chi connectivity index (χ3n) is 10.7. The molecule has 3 aliphatic rings. The van der Waals surface area contributed by atoms with Crippen molar-refractivity contribution >= 4 is 34.6 Å². The van der Waals surface area contributed by atoms with E-state index in [0.717, 1.165) is 58.6 Å². The molecule has 284 valence electrons. The zero-order valence-corrected chi connectivity index (χ0v) is 30.2. The Morgan fingerprint density at radius 3 is 2.40 bits per heavy atom. The zero-order valence-electron chi connectivity index (χ0n) is 30.2. The molecule has 4 heterocycles. The molecule has 4 aromatic carbocycles. The van der Waals surface area contributed by atoms with Gasteiger partial charge in [-0.05, 0) is 53.8 Å². The van der Waals surface area contributed by atoms with Crippen molar-refractivity contribution < 1.29 is 33.7 Å². The van der Waals surface area contributed by atoms with Crippen LogP contribution in [-0.4, -0.2) is 69.2 Å². The lowest BCUT2D eigenvalue weighted by molar-refractivity contribution is -0.253. The molecule has 1 unspecified atom stereocenters. The lowest BCUT2D eigenvalue weighted by Crippen LogP contribution is -2.43. The number of nitrogens with zero attached hydrogens (tertiary/aromatic N) is 3. The Balaban J connectivity index is 0.957. The number of likely N-dealkylation sites (tertiary alicyclic amines) is 1. The molecule has 8 rings (SSSR count). The third-order valence-corrected chi connectivity index (χ3v) is 10.7. The molecule has 13 heteroatoms. The number of fused-ring (bicyclic) bond motifs is 1. The molecule has 55 heavy (non-hydrogen) atoms. The normalized spacial score (nSPS) is 22.3. The summed E-state index contributed by atoms with van der Waals surface area (Å²) in [5.74, 6) is -0.999. The zero-order chi connectivity index (χ0) is 37.9. The van der Waals surface area contributed by atoms with E-state index < -0.39 is 30.2 Å². The first-order valence-corrected chi connectivity index (χ1v) is 18.7. The van der Waals surface area contributed by atoms with E-state index >= 15 is 0 Å². The Bertz CT molecular complexity index is 2210. The number of aliphatic hydroxyl groups is 1. The number of alkyl carbamates (subject to hydrolysis) is 1. The first-order valence-electron chi connectivity index (χ1n) is 18.7. The van der Waals surface area contributed by atoms with Crippen LogP contribution in [0.5, 0.6) is 0 Å². The summed E-state index contributed by atoms with van der Waals surface area (Å²) in [5.41, 5.74) is 5.20. The quantitative estimate of drug-likeness (QED) is 0.162. The molecule has 4 atom stereocenters. The number of benzene rings is 4. The third kappa shape index (κ3) is 7.96. The van der Waals surface area contributed by atoms with E-state index in [4.69, 9.17) is 14.2 Å². The van der Waals surface area contributed by atoms with Gasteiger partial charge in [-0.25, -0.2) is 14.5 Å². The fourth-order valence-electron chi connectivity index (χ4n) is 7.85. The van der Waals surface area contributed by atoms with Gasteiger partial charge in [-0.3, -0.25) is 14.2 Å². The topological polar surface area (TPSA) is 155 Å². The van der Waals surface area contributed by atoms with Crippen LogP contribution < -0.4 is 15.9 Å². The van der Waals surface area contributed by atoms with E-state index in [1.165, 1.54) is 0 Å². The highest BCUT2D eigenvalue weighted by atomic mass is 16.7. The Morgan fingerprint density at radius 2 is 1.62 bits per heavy atom. The van der Waals surface area contributed by atoms with Crippen LogP contribution in [0, 0.1) is 0 Å². The average molecular weight is 746 g/mol. The molecule has 3 N–H and O–H groups in total. The van der Waals surface area contributed by atoms with Crippen molar-refractivity contribution in [1.82, 2.24) is 19.8 Å². The van der Waals surface area contributed by atoms with Crippen LogP contribution in [-0.2, 0) is 37.0 Å². The number of nitrogens with one attached hydrogen (secondary N) is 2. The van der Waals surface area contributed by atoms with Crippen molar-refractivity contribution in [2.45, 2.75) is 69.5 Å².